The summed E-state index contributed by atoms with van der Waals surface area (Å²) in [5.41, 5.74) is -0.157. The Morgan fingerprint density at radius 1 is 1.58 bits per heavy atom. The first-order valence-corrected chi connectivity index (χ1v) is 6.63. The lowest BCUT2D eigenvalue weighted by Gasteiger charge is -2.39. The Kier molecular flexibility index (Phi) is 4.04. The molecule has 1 aromatic heterocycles. The zero-order valence-electron chi connectivity index (χ0n) is 11.1. The lowest BCUT2D eigenvalue weighted by Crippen LogP contribution is -2.46. The number of hydrogen-bond donors (Lipinski definition) is 3. The van der Waals surface area contributed by atoms with Crippen LogP contribution < -0.4 is 5.32 Å². The van der Waals surface area contributed by atoms with Crippen molar-refractivity contribution >= 4 is 11.8 Å². The van der Waals surface area contributed by atoms with Gasteiger partial charge in [-0.25, -0.2) is 9.78 Å². The van der Waals surface area contributed by atoms with Gasteiger partial charge >= 0.3 is 5.97 Å². The summed E-state index contributed by atoms with van der Waals surface area (Å²) in [6.45, 7) is 2.26. The smallest absolute Gasteiger partial charge is 0.337 e. The molecule has 0 radical (unpaired) electrons. The van der Waals surface area contributed by atoms with Crippen molar-refractivity contribution in [1.82, 2.24) is 4.98 Å². The third-order valence-corrected chi connectivity index (χ3v) is 3.80. The summed E-state index contributed by atoms with van der Waals surface area (Å²) >= 11 is 0. The maximum absolute atomic E-state index is 10.8. The Hall–Kier alpha value is -1.62. The van der Waals surface area contributed by atoms with Crippen molar-refractivity contribution in [3.63, 3.8) is 0 Å². The fourth-order valence-electron chi connectivity index (χ4n) is 2.82. The number of aromatic carboxylic acids is 1. The molecule has 2 atom stereocenters. The van der Waals surface area contributed by atoms with Gasteiger partial charge in [0, 0.05) is 6.20 Å². The third kappa shape index (κ3) is 3.23. The average Bonchev–Trinajstić information content (AvgIpc) is 2.39. The molecule has 0 aliphatic heterocycles. The minimum atomic E-state index is -0.984. The first-order valence-electron chi connectivity index (χ1n) is 6.63. The van der Waals surface area contributed by atoms with Crippen LogP contribution in [0.3, 0.4) is 0 Å². The fraction of sp³-hybridized carbons (Fsp3) is 0.571. The van der Waals surface area contributed by atoms with Gasteiger partial charge in [0.15, 0.2) is 0 Å². The number of aromatic nitrogens is 1. The van der Waals surface area contributed by atoms with E-state index in [9.17, 15) is 9.90 Å². The Bertz CT molecular complexity index is 447. The predicted molar refractivity (Wildman–Crippen MR) is 72.3 cm³/mol. The molecule has 0 spiro atoms. The van der Waals surface area contributed by atoms with Gasteiger partial charge < -0.3 is 15.5 Å². The van der Waals surface area contributed by atoms with Crippen LogP contribution in [-0.4, -0.2) is 33.3 Å². The van der Waals surface area contributed by atoms with Gasteiger partial charge in [-0.3, -0.25) is 0 Å². The first-order chi connectivity index (χ1) is 9.04. The molecule has 0 amide bonds. The van der Waals surface area contributed by atoms with Gasteiger partial charge in [0.05, 0.1) is 17.7 Å². The van der Waals surface area contributed by atoms with E-state index >= 15 is 0 Å². The van der Waals surface area contributed by atoms with Crippen molar-refractivity contribution in [2.24, 2.45) is 5.92 Å². The van der Waals surface area contributed by atoms with E-state index in [-0.39, 0.29) is 17.7 Å². The summed E-state index contributed by atoms with van der Waals surface area (Å²) < 4.78 is 0. The van der Waals surface area contributed by atoms with E-state index in [1.54, 1.807) is 6.07 Å². The number of carboxylic acids is 1. The maximum Gasteiger partial charge on any atom is 0.337 e. The van der Waals surface area contributed by atoms with Gasteiger partial charge in [-0.05, 0) is 30.9 Å². The van der Waals surface area contributed by atoms with Crippen LogP contribution in [0.1, 0.15) is 43.0 Å². The van der Waals surface area contributed by atoms with Crippen LogP contribution in [0.15, 0.2) is 18.3 Å². The number of aliphatic hydroxyl groups is 1. The summed E-state index contributed by atoms with van der Waals surface area (Å²) in [7, 11) is 0. The second kappa shape index (κ2) is 5.57. The van der Waals surface area contributed by atoms with Crippen molar-refractivity contribution < 1.29 is 15.0 Å². The summed E-state index contributed by atoms with van der Waals surface area (Å²) in [6, 6.07) is 3.18. The first kappa shape index (κ1) is 13.8. The van der Waals surface area contributed by atoms with Crippen molar-refractivity contribution in [2.75, 3.05) is 11.9 Å². The topological polar surface area (TPSA) is 82.5 Å². The Morgan fingerprint density at radius 2 is 2.37 bits per heavy atom. The summed E-state index contributed by atoms with van der Waals surface area (Å²) in [5.74, 6) is 0.210. The van der Waals surface area contributed by atoms with E-state index in [0.717, 1.165) is 19.3 Å². The SMILES string of the molecule is CC1CCCC(CO)(Nc2ccc(C(=O)O)cn2)C1. The van der Waals surface area contributed by atoms with Crippen LogP contribution in [0.5, 0.6) is 0 Å². The quantitative estimate of drug-likeness (QED) is 0.776. The molecule has 5 heteroatoms. The lowest BCUT2D eigenvalue weighted by atomic mass is 9.77. The van der Waals surface area contributed by atoms with Gasteiger partial charge in [-0.2, -0.15) is 0 Å². The lowest BCUT2D eigenvalue weighted by molar-refractivity contribution is 0.0696. The Labute approximate surface area is 112 Å². The molecular weight excluding hydrogens is 244 g/mol. The molecule has 5 nitrogen and oxygen atoms in total. The number of rotatable bonds is 4. The zero-order valence-corrected chi connectivity index (χ0v) is 11.1. The monoisotopic (exact) mass is 264 g/mol. The van der Waals surface area contributed by atoms with Crippen LogP contribution in [0.25, 0.3) is 0 Å². The highest BCUT2D eigenvalue weighted by atomic mass is 16.4. The van der Waals surface area contributed by atoms with Gasteiger partial charge in [0.2, 0.25) is 0 Å². The van der Waals surface area contributed by atoms with Crippen LogP contribution >= 0.6 is 0 Å². The maximum atomic E-state index is 10.8. The molecule has 1 aromatic rings. The molecule has 0 aromatic carbocycles. The third-order valence-electron chi connectivity index (χ3n) is 3.80. The van der Waals surface area contributed by atoms with E-state index in [1.165, 1.54) is 18.7 Å². The summed E-state index contributed by atoms with van der Waals surface area (Å²) in [4.78, 5) is 14.9. The van der Waals surface area contributed by atoms with E-state index in [0.29, 0.717) is 11.7 Å². The van der Waals surface area contributed by atoms with Gasteiger partial charge in [0.25, 0.3) is 0 Å². The van der Waals surface area contributed by atoms with Crippen LogP contribution in [0.2, 0.25) is 0 Å². The number of anilines is 1. The Balaban J connectivity index is 2.11. The molecule has 0 bridgehead atoms. The molecule has 0 saturated heterocycles. The highest BCUT2D eigenvalue weighted by molar-refractivity contribution is 5.87. The summed E-state index contributed by atoms with van der Waals surface area (Å²) in [6.07, 6.45) is 5.43. The molecule has 2 rings (SSSR count). The van der Waals surface area contributed by atoms with Crippen LogP contribution in [0.4, 0.5) is 5.82 Å². The fourth-order valence-corrected chi connectivity index (χ4v) is 2.82. The number of nitrogens with zero attached hydrogens (tertiary/aromatic N) is 1. The number of pyridine rings is 1. The molecule has 19 heavy (non-hydrogen) atoms. The molecular formula is C14H20N2O3. The second-order valence-electron chi connectivity index (χ2n) is 5.50. The Morgan fingerprint density at radius 3 is 2.89 bits per heavy atom. The molecule has 1 fully saturated rings. The molecule has 104 valence electrons. The standard InChI is InChI=1S/C14H20N2O3/c1-10-3-2-6-14(7-10,9-17)16-12-5-4-11(8-15-12)13(18)19/h4-5,8,10,17H,2-3,6-7,9H2,1H3,(H,15,16)(H,18,19). The number of aliphatic hydroxyl groups excluding tert-OH is 1. The molecule has 3 N–H and O–H groups in total. The van der Waals surface area contributed by atoms with E-state index in [2.05, 4.69) is 17.2 Å². The van der Waals surface area contributed by atoms with Gasteiger partial charge in [-0.15, -0.1) is 0 Å². The minimum absolute atomic E-state index is 0.0691. The van der Waals surface area contributed by atoms with Crippen molar-refractivity contribution in [3.05, 3.63) is 23.9 Å². The molecule has 1 aliphatic rings. The van der Waals surface area contributed by atoms with E-state index < -0.39 is 5.97 Å². The normalized spacial score (nSPS) is 26.9. The minimum Gasteiger partial charge on any atom is -0.478 e. The zero-order chi connectivity index (χ0) is 13.9. The molecule has 1 aliphatic carbocycles. The van der Waals surface area contributed by atoms with E-state index in [1.807, 2.05) is 0 Å². The largest absolute Gasteiger partial charge is 0.478 e. The van der Waals surface area contributed by atoms with Gasteiger partial charge in [-0.1, -0.05) is 19.8 Å². The van der Waals surface area contributed by atoms with Crippen molar-refractivity contribution in [2.45, 2.75) is 38.1 Å². The second-order valence-corrected chi connectivity index (χ2v) is 5.50. The molecule has 2 unspecified atom stereocenters. The van der Waals surface area contributed by atoms with Crippen molar-refractivity contribution in [3.8, 4) is 0 Å². The number of carboxylic acid groups (broad SMARTS) is 1. The van der Waals surface area contributed by atoms with Gasteiger partial charge in [0.1, 0.15) is 5.82 Å². The number of nitrogens with one attached hydrogen (secondary N) is 1. The number of hydrogen-bond acceptors (Lipinski definition) is 4. The highest BCUT2D eigenvalue weighted by Gasteiger charge is 2.34. The average molecular weight is 264 g/mol. The number of carbonyl (C=O) groups is 1. The summed E-state index contributed by atoms with van der Waals surface area (Å²) in [5, 5.41) is 21.8. The molecule has 1 saturated carbocycles. The molecule has 1 heterocycles. The van der Waals surface area contributed by atoms with Crippen LogP contribution in [-0.2, 0) is 0 Å². The highest BCUT2D eigenvalue weighted by Crippen LogP contribution is 2.34. The van der Waals surface area contributed by atoms with E-state index in [4.69, 9.17) is 5.11 Å². The van der Waals surface area contributed by atoms with Crippen molar-refractivity contribution in [1.29, 1.82) is 0 Å². The van der Waals surface area contributed by atoms with Crippen LogP contribution in [0, 0.1) is 5.92 Å². The predicted octanol–water partition coefficient (Wildman–Crippen LogP) is 2.13.